The maximum Gasteiger partial charge on any atom is 0.226 e. The Hall–Kier alpha value is -2.46. The Morgan fingerprint density at radius 3 is 2.76 bits per heavy atom. The minimum atomic E-state index is 0.440. The molecule has 0 atom stereocenters. The van der Waals surface area contributed by atoms with Crippen molar-refractivity contribution in [1.29, 1.82) is 0 Å². The number of nitrogens with zero attached hydrogens (tertiary/aromatic N) is 2. The molecule has 1 aliphatic heterocycles. The van der Waals surface area contributed by atoms with Crippen LogP contribution in [0.3, 0.4) is 0 Å². The van der Waals surface area contributed by atoms with Crippen molar-refractivity contribution < 1.29 is 9.15 Å². The van der Waals surface area contributed by atoms with Gasteiger partial charge in [0, 0.05) is 35.4 Å². The molecule has 4 nitrogen and oxygen atoms in total. The van der Waals surface area contributed by atoms with E-state index in [1.165, 1.54) is 5.69 Å². The minimum absolute atomic E-state index is 0.440. The van der Waals surface area contributed by atoms with Gasteiger partial charge in [0.25, 0.3) is 0 Å². The van der Waals surface area contributed by atoms with E-state index in [0.717, 1.165) is 41.1 Å². The van der Waals surface area contributed by atoms with E-state index >= 15 is 0 Å². The number of anilines is 1. The molecule has 0 N–H and O–H groups in total. The van der Waals surface area contributed by atoms with E-state index in [1.807, 2.05) is 6.07 Å². The molecule has 2 heterocycles. The number of halogens is 1. The molecule has 1 aromatic heterocycles. The number of rotatable bonds is 4. The second-order valence-corrected chi connectivity index (χ2v) is 6.42. The summed E-state index contributed by atoms with van der Waals surface area (Å²) in [6, 6.07) is 11.7. The molecule has 0 bridgehead atoms. The highest BCUT2D eigenvalue weighted by molar-refractivity contribution is 6.31. The Bertz CT molecular complexity index is 957. The first-order valence-corrected chi connectivity index (χ1v) is 8.84. The lowest BCUT2D eigenvalue weighted by molar-refractivity contribution is 0.361. The average Bonchev–Trinajstić information content (AvgIpc) is 3.05. The Balaban J connectivity index is 1.69. The van der Waals surface area contributed by atoms with Crippen molar-refractivity contribution in [3.8, 4) is 5.75 Å². The van der Waals surface area contributed by atoms with Gasteiger partial charge in [-0.3, -0.25) is 0 Å². The van der Waals surface area contributed by atoms with Crippen molar-refractivity contribution >= 4 is 40.0 Å². The highest BCUT2D eigenvalue weighted by atomic mass is 35.5. The van der Waals surface area contributed by atoms with Crippen molar-refractivity contribution in [2.24, 2.45) is 0 Å². The van der Waals surface area contributed by atoms with E-state index < -0.39 is 0 Å². The molecular formula is C20H19ClN2O2. The van der Waals surface area contributed by atoms with Crippen LogP contribution in [-0.4, -0.2) is 24.7 Å². The van der Waals surface area contributed by atoms with Gasteiger partial charge in [-0.2, -0.15) is 0 Å². The molecule has 0 amide bonds. The third-order valence-electron chi connectivity index (χ3n) is 4.46. The molecule has 3 aromatic rings. The van der Waals surface area contributed by atoms with Gasteiger partial charge < -0.3 is 14.1 Å². The lowest BCUT2D eigenvalue weighted by Gasteiger charge is -2.23. The SMILES string of the molecule is CCN(CC)c1ccc2c(c1)OCC(c1nc3cc(Cl)ccc3o1)=C2. The van der Waals surface area contributed by atoms with Crippen LogP contribution in [0.15, 0.2) is 40.8 Å². The van der Waals surface area contributed by atoms with Crippen molar-refractivity contribution in [2.75, 3.05) is 24.6 Å². The van der Waals surface area contributed by atoms with Gasteiger partial charge in [-0.15, -0.1) is 0 Å². The van der Waals surface area contributed by atoms with E-state index in [-0.39, 0.29) is 0 Å². The largest absolute Gasteiger partial charge is 0.488 e. The van der Waals surface area contributed by atoms with Crippen LogP contribution in [0.25, 0.3) is 22.7 Å². The number of fused-ring (bicyclic) bond motifs is 2. The van der Waals surface area contributed by atoms with Crippen LogP contribution >= 0.6 is 11.6 Å². The Morgan fingerprint density at radius 1 is 1.12 bits per heavy atom. The van der Waals surface area contributed by atoms with Gasteiger partial charge in [-0.05, 0) is 50.3 Å². The van der Waals surface area contributed by atoms with Gasteiger partial charge in [-0.1, -0.05) is 11.6 Å². The maximum atomic E-state index is 6.02. The fourth-order valence-electron chi connectivity index (χ4n) is 3.10. The molecule has 0 saturated heterocycles. The summed E-state index contributed by atoms with van der Waals surface area (Å²) >= 11 is 6.02. The van der Waals surface area contributed by atoms with Crippen LogP contribution < -0.4 is 9.64 Å². The van der Waals surface area contributed by atoms with E-state index in [9.17, 15) is 0 Å². The van der Waals surface area contributed by atoms with Crippen LogP contribution in [0.4, 0.5) is 5.69 Å². The number of hydrogen-bond acceptors (Lipinski definition) is 4. The highest BCUT2D eigenvalue weighted by Crippen LogP contribution is 2.34. The minimum Gasteiger partial charge on any atom is -0.488 e. The van der Waals surface area contributed by atoms with E-state index in [0.29, 0.717) is 17.5 Å². The second kappa shape index (κ2) is 6.45. The van der Waals surface area contributed by atoms with Crippen molar-refractivity contribution in [3.05, 3.63) is 52.9 Å². The molecule has 0 radical (unpaired) electrons. The fraction of sp³-hybridized carbons (Fsp3) is 0.250. The van der Waals surface area contributed by atoms with Gasteiger partial charge in [0.15, 0.2) is 5.58 Å². The number of aromatic nitrogens is 1. The summed E-state index contributed by atoms with van der Waals surface area (Å²) in [5.74, 6) is 1.48. The molecule has 128 valence electrons. The topological polar surface area (TPSA) is 38.5 Å². The normalized spacial score (nSPS) is 13.3. The first-order valence-electron chi connectivity index (χ1n) is 8.46. The number of benzene rings is 2. The molecule has 4 rings (SSSR count). The number of hydrogen-bond donors (Lipinski definition) is 0. The Morgan fingerprint density at radius 2 is 1.96 bits per heavy atom. The van der Waals surface area contributed by atoms with E-state index in [4.69, 9.17) is 20.8 Å². The van der Waals surface area contributed by atoms with Crippen molar-refractivity contribution in [2.45, 2.75) is 13.8 Å². The first-order chi connectivity index (χ1) is 12.2. The third kappa shape index (κ3) is 2.98. The summed E-state index contributed by atoms with van der Waals surface area (Å²) in [6.07, 6.45) is 2.08. The van der Waals surface area contributed by atoms with Gasteiger partial charge in [0.1, 0.15) is 17.9 Å². The quantitative estimate of drug-likeness (QED) is 0.640. The van der Waals surface area contributed by atoms with Crippen LogP contribution in [0.2, 0.25) is 5.02 Å². The molecule has 25 heavy (non-hydrogen) atoms. The molecular weight excluding hydrogens is 336 g/mol. The molecule has 2 aromatic carbocycles. The summed E-state index contributed by atoms with van der Waals surface area (Å²) in [6.45, 7) is 6.70. The molecule has 0 fully saturated rings. The monoisotopic (exact) mass is 354 g/mol. The van der Waals surface area contributed by atoms with Gasteiger partial charge in [0.2, 0.25) is 5.89 Å². The van der Waals surface area contributed by atoms with Crippen molar-refractivity contribution in [3.63, 3.8) is 0 Å². The molecule has 5 heteroatoms. The molecule has 0 unspecified atom stereocenters. The molecule has 1 aliphatic rings. The maximum absolute atomic E-state index is 6.02. The number of ether oxygens (including phenoxy) is 1. The summed E-state index contributed by atoms with van der Waals surface area (Å²) in [7, 11) is 0. The van der Waals surface area contributed by atoms with Crippen LogP contribution in [0.1, 0.15) is 25.3 Å². The predicted octanol–water partition coefficient (Wildman–Crippen LogP) is 5.26. The van der Waals surface area contributed by atoms with Gasteiger partial charge >= 0.3 is 0 Å². The number of oxazole rings is 1. The predicted molar refractivity (Wildman–Crippen MR) is 102 cm³/mol. The smallest absolute Gasteiger partial charge is 0.226 e. The third-order valence-corrected chi connectivity index (χ3v) is 4.70. The zero-order chi connectivity index (χ0) is 17.4. The fourth-order valence-corrected chi connectivity index (χ4v) is 3.27. The Kier molecular flexibility index (Phi) is 4.14. The molecule has 0 spiro atoms. The zero-order valence-electron chi connectivity index (χ0n) is 14.3. The molecule has 0 aliphatic carbocycles. The van der Waals surface area contributed by atoms with Gasteiger partial charge in [0.05, 0.1) is 5.57 Å². The molecule has 0 saturated carbocycles. The summed E-state index contributed by atoms with van der Waals surface area (Å²) < 4.78 is 11.8. The summed E-state index contributed by atoms with van der Waals surface area (Å²) in [4.78, 5) is 6.83. The van der Waals surface area contributed by atoms with E-state index in [2.05, 4.69) is 48.0 Å². The van der Waals surface area contributed by atoms with Crippen LogP contribution in [0.5, 0.6) is 5.75 Å². The zero-order valence-corrected chi connectivity index (χ0v) is 15.0. The average molecular weight is 355 g/mol. The van der Waals surface area contributed by atoms with Gasteiger partial charge in [-0.25, -0.2) is 4.98 Å². The Labute approximate surface area is 151 Å². The summed E-state index contributed by atoms with van der Waals surface area (Å²) in [5.41, 5.74) is 4.62. The summed E-state index contributed by atoms with van der Waals surface area (Å²) in [5, 5.41) is 0.649. The first kappa shape index (κ1) is 16.0. The standard InChI is InChI=1S/C20H19ClN2O2/c1-3-23(4-2)16-7-5-13-9-14(12-24-19(13)11-16)20-22-17-10-15(21)6-8-18(17)25-20/h5-11H,3-4,12H2,1-2H3. The highest BCUT2D eigenvalue weighted by Gasteiger charge is 2.18. The lowest BCUT2D eigenvalue weighted by Crippen LogP contribution is -2.22. The second-order valence-electron chi connectivity index (χ2n) is 5.98. The lowest BCUT2D eigenvalue weighted by atomic mass is 10.1. The van der Waals surface area contributed by atoms with Crippen LogP contribution in [0, 0.1) is 0 Å². The van der Waals surface area contributed by atoms with E-state index in [1.54, 1.807) is 12.1 Å². The van der Waals surface area contributed by atoms with Crippen molar-refractivity contribution in [1.82, 2.24) is 4.98 Å². The van der Waals surface area contributed by atoms with Crippen LogP contribution in [-0.2, 0) is 0 Å².